The minimum absolute atomic E-state index is 0.458. The molecule has 3 heterocycles. The maximum Gasteiger partial charge on any atom is 0.227 e. The molecule has 0 amide bonds. The minimum atomic E-state index is 0.458. The van der Waals surface area contributed by atoms with Crippen molar-refractivity contribution in [2.45, 2.75) is 25.4 Å². The van der Waals surface area contributed by atoms with E-state index in [1.807, 2.05) is 42.6 Å². The molecule has 7 heteroatoms. The molecule has 5 nitrogen and oxygen atoms in total. The molecule has 1 aliphatic rings. The average Bonchev–Trinajstić information content (AvgIpc) is 2.99. The number of hydrogen-bond donors (Lipinski definition) is 0. The Bertz CT molecular complexity index is 675. The highest BCUT2D eigenvalue weighted by Crippen LogP contribution is 2.26. The third kappa shape index (κ3) is 4.26. The quantitative estimate of drug-likeness (QED) is 0.755. The van der Waals surface area contributed by atoms with Gasteiger partial charge in [-0.25, -0.2) is 4.98 Å². The Morgan fingerprint density at radius 1 is 1.29 bits per heavy atom. The summed E-state index contributed by atoms with van der Waals surface area (Å²) in [6.45, 7) is 3.25. The van der Waals surface area contributed by atoms with Crippen LogP contribution < -0.4 is 9.80 Å². The fourth-order valence-corrected chi connectivity index (χ4v) is 4.60. The van der Waals surface area contributed by atoms with Gasteiger partial charge in [-0.1, -0.05) is 0 Å². The second kappa shape index (κ2) is 7.80. The molecular weight excluding hydrogens is 386 g/mol. The average molecular weight is 410 g/mol. The Balaban J connectivity index is 1.66. The zero-order valence-corrected chi connectivity index (χ0v) is 16.8. The molecule has 130 valence electrons. The molecule has 0 aromatic carbocycles. The number of halogens is 1. The van der Waals surface area contributed by atoms with Crippen LogP contribution in [0.25, 0.3) is 0 Å². The lowest BCUT2D eigenvalue weighted by molar-refractivity contribution is 0.199. The molecule has 3 rings (SSSR count). The lowest BCUT2D eigenvalue weighted by Crippen LogP contribution is -2.46. The normalized spacial score (nSPS) is 18.6. The fraction of sp³-hybridized carbons (Fsp3) is 0.529. The van der Waals surface area contributed by atoms with Crippen LogP contribution in [0.2, 0.25) is 0 Å². The first-order chi connectivity index (χ1) is 11.5. The van der Waals surface area contributed by atoms with Crippen LogP contribution in [0.5, 0.6) is 0 Å². The predicted molar refractivity (Wildman–Crippen MR) is 105 cm³/mol. The Morgan fingerprint density at radius 2 is 2.12 bits per heavy atom. The summed E-state index contributed by atoms with van der Waals surface area (Å²) in [5.74, 6) is 1.76. The number of nitrogens with zero attached hydrogens (tertiary/aromatic N) is 5. The van der Waals surface area contributed by atoms with Gasteiger partial charge in [0.2, 0.25) is 5.95 Å². The summed E-state index contributed by atoms with van der Waals surface area (Å²) in [4.78, 5) is 17.4. The largest absolute Gasteiger partial charge is 0.363 e. The number of aromatic nitrogens is 2. The number of piperidine rings is 1. The molecule has 0 N–H and O–H groups in total. The van der Waals surface area contributed by atoms with E-state index < -0.39 is 0 Å². The van der Waals surface area contributed by atoms with Crippen LogP contribution in [0.3, 0.4) is 0 Å². The van der Waals surface area contributed by atoms with Crippen LogP contribution >= 0.6 is 27.3 Å². The molecule has 24 heavy (non-hydrogen) atoms. The van der Waals surface area contributed by atoms with Crippen molar-refractivity contribution in [3.63, 3.8) is 0 Å². The third-order valence-corrected chi connectivity index (χ3v) is 6.05. The van der Waals surface area contributed by atoms with E-state index >= 15 is 0 Å². The van der Waals surface area contributed by atoms with E-state index in [1.165, 1.54) is 28.0 Å². The summed E-state index contributed by atoms with van der Waals surface area (Å²) in [5.41, 5.74) is 0. The smallest absolute Gasteiger partial charge is 0.227 e. The van der Waals surface area contributed by atoms with E-state index in [0.717, 1.165) is 24.9 Å². The highest BCUT2D eigenvalue weighted by molar-refractivity contribution is 9.11. The van der Waals surface area contributed by atoms with Gasteiger partial charge in [0.1, 0.15) is 5.82 Å². The molecule has 1 aliphatic heterocycles. The Hall–Kier alpha value is -1.18. The highest BCUT2D eigenvalue weighted by Gasteiger charge is 2.25. The number of thiophene rings is 1. The van der Waals surface area contributed by atoms with Gasteiger partial charge in [0, 0.05) is 51.3 Å². The lowest BCUT2D eigenvalue weighted by Gasteiger charge is -2.37. The van der Waals surface area contributed by atoms with Gasteiger partial charge in [0.25, 0.3) is 0 Å². The summed E-state index contributed by atoms with van der Waals surface area (Å²) in [5, 5.41) is 0. The van der Waals surface area contributed by atoms with E-state index in [4.69, 9.17) is 0 Å². The van der Waals surface area contributed by atoms with Crippen molar-refractivity contribution in [3.05, 3.63) is 33.1 Å². The predicted octanol–water partition coefficient (Wildman–Crippen LogP) is 3.47. The number of anilines is 2. The SMILES string of the molecule is CN(C)c1ccnc(N(C)C2CCCN(Cc3ccc(Br)s3)C2)n1. The highest BCUT2D eigenvalue weighted by atomic mass is 79.9. The van der Waals surface area contributed by atoms with Crippen LogP contribution in [0.1, 0.15) is 17.7 Å². The van der Waals surface area contributed by atoms with E-state index in [0.29, 0.717) is 6.04 Å². The van der Waals surface area contributed by atoms with Crippen LogP contribution in [-0.2, 0) is 6.54 Å². The standard InChI is InChI=1S/C17H24BrN5S/c1-21(2)16-8-9-19-17(20-16)22(3)13-5-4-10-23(11-13)12-14-6-7-15(18)24-14/h6-9,13H,4-5,10-12H2,1-3H3. The molecule has 2 aromatic rings. The Morgan fingerprint density at radius 3 is 2.83 bits per heavy atom. The topological polar surface area (TPSA) is 35.5 Å². The van der Waals surface area contributed by atoms with Crippen LogP contribution in [-0.4, -0.2) is 55.1 Å². The van der Waals surface area contributed by atoms with Crippen molar-refractivity contribution < 1.29 is 0 Å². The first kappa shape index (κ1) is 17.6. The molecule has 1 atom stereocenters. The van der Waals surface area contributed by atoms with Gasteiger partial charge in [0.15, 0.2) is 0 Å². The molecule has 0 saturated carbocycles. The molecule has 0 radical (unpaired) electrons. The van der Waals surface area contributed by atoms with Crippen LogP contribution in [0.4, 0.5) is 11.8 Å². The monoisotopic (exact) mass is 409 g/mol. The molecule has 0 spiro atoms. The van der Waals surface area contributed by atoms with Gasteiger partial charge in [-0.15, -0.1) is 11.3 Å². The van der Waals surface area contributed by atoms with E-state index in [9.17, 15) is 0 Å². The summed E-state index contributed by atoms with van der Waals surface area (Å²) >= 11 is 5.38. The second-order valence-corrected chi connectivity index (χ2v) is 9.00. The maximum atomic E-state index is 4.68. The molecule has 2 aromatic heterocycles. The summed E-state index contributed by atoms with van der Waals surface area (Å²) in [6, 6.07) is 6.75. The van der Waals surface area contributed by atoms with Gasteiger partial charge in [0.05, 0.1) is 3.79 Å². The van der Waals surface area contributed by atoms with Crippen molar-refractivity contribution in [1.82, 2.24) is 14.9 Å². The third-order valence-electron chi connectivity index (χ3n) is 4.44. The van der Waals surface area contributed by atoms with Crippen molar-refractivity contribution in [2.75, 3.05) is 44.0 Å². The van der Waals surface area contributed by atoms with Gasteiger partial charge in [-0.2, -0.15) is 4.98 Å². The van der Waals surface area contributed by atoms with Gasteiger partial charge in [-0.05, 0) is 53.5 Å². The number of rotatable bonds is 5. The minimum Gasteiger partial charge on any atom is -0.363 e. The molecule has 1 unspecified atom stereocenters. The number of hydrogen-bond acceptors (Lipinski definition) is 6. The Labute approximate surface area is 156 Å². The van der Waals surface area contributed by atoms with E-state index in [1.54, 1.807) is 0 Å². The van der Waals surface area contributed by atoms with Gasteiger partial charge >= 0.3 is 0 Å². The molecule has 0 aliphatic carbocycles. The number of likely N-dealkylation sites (N-methyl/N-ethyl adjacent to an activating group) is 1. The second-order valence-electron chi connectivity index (χ2n) is 6.46. The first-order valence-corrected chi connectivity index (χ1v) is 9.83. The summed E-state index contributed by atoms with van der Waals surface area (Å²) in [7, 11) is 6.13. The van der Waals surface area contributed by atoms with E-state index in [-0.39, 0.29) is 0 Å². The molecule has 1 saturated heterocycles. The van der Waals surface area contributed by atoms with Crippen molar-refractivity contribution >= 4 is 39.0 Å². The summed E-state index contributed by atoms with van der Waals surface area (Å²) in [6.07, 6.45) is 4.25. The summed E-state index contributed by atoms with van der Waals surface area (Å²) < 4.78 is 1.21. The first-order valence-electron chi connectivity index (χ1n) is 8.22. The van der Waals surface area contributed by atoms with Gasteiger partial charge in [-0.3, -0.25) is 4.90 Å². The zero-order valence-electron chi connectivity index (χ0n) is 14.4. The lowest BCUT2D eigenvalue weighted by atomic mass is 10.0. The van der Waals surface area contributed by atoms with Crippen molar-refractivity contribution in [2.24, 2.45) is 0 Å². The molecule has 0 bridgehead atoms. The van der Waals surface area contributed by atoms with Crippen molar-refractivity contribution in [3.8, 4) is 0 Å². The van der Waals surface area contributed by atoms with Crippen LogP contribution in [0.15, 0.2) is 28.2 Å². The fourth-order valence-electron chi connectivity index (χ4n) is 3.07. The zero-order chi connectivity index (χ0) is 17.1. The van der Waals surface area contributed by atoms with Crippen molar-refractivity contribution in [1.29, 1.82) is 0 Å². The molecule has 1 fully saturated rings. The Kier molecular flexibility index (Phi) is 5.73. The number of likely N-dealkylation sites (tertiary alicyclic amines) is 1. The molecular formula is C17H24BrN5S. The van der Waals surface area contributed by atoms with Crippen LogP contribution in [0, 0.1) is 0 Å². The van der Waals surface area contributed by atoms with E-state index in [2.05, 4.69) is 54.9 Å². The maximum absolute atomic E-state index is 4.68. The van der Waals surface area contributed by atoms with Gasteiger partial charge < -0.3 is 9.80 Å².